The van der Waals surface area contributed by atoms with Gasteiger partial charge in [-0.3, -0.25) is 9.69 Å². The van der Waals surface area contributed by atoms with E-state index >= 15 is 0 Å². The van der Waals surface area contributed by atoms with Crippen LogP contribution in [0.1, 0.15) is 46.9 Å². The average molecular weight is 698 g/mol. The second-order valence-electron chi connectivity index (χ2n) is 13.4. The number of aldehydes is 1. The molecule has 1 aliphatic heterocycles. The number of likely N-dealkylation sites (N-methyl/N-ethyl adjacent to an activating group) is 1. The van der Waals surface area contributed by atoms with Crippen molar-refractivity contribution in [1.29, 1.82) is 5.26 Å². The maximum Gasteiger partial charge on any atom is 0.150 e. The lowest BCUT2D eigenvalue weighted by Crippen LogP contribution is -2.45. The minimum Gasteiger partial charge on any atom is -0.334 e. The first-order valence-corrected chi connectivity index (χ1v) is 17.7. The normalized spacial score (nSPS) is 14.1. The predicted molar refractivity (Wildman–Crippen MR) is 208 cm³/mol. The minimum absolute atomic E-state index is 0.202. The van der Waals surface area contributed by atoms with E-state index in [-0.39, 0.29) is 6.04 Å². The number of aromatic nitrogens is 6. The number of nitrogens with zero attached hydrogens (tertiary/aromatic N) is 11. The molecule has 0 N–H and O–H groups in total. The molecular weight excluding hydrogens is 651 g/mol. The highest BCUT2D eigenvalue weighted by atomic mass is 16.1. The van der Waals surface area contributed by atoms with E-state index in [2.05, 4.69) is 85.9 Å². The second kappa shape index (κ2) is 15.7. The number of carbonyl (C=O) groups excluding carboxylic acids is 1. The van der Waals surface area contributed by atoms with E-state index in [1.807, 2.05) is 79.0 Å². The number of aryl methyl sites for hydroxylation is 4. The number of benzene rings is 2. The fourth-order valence-electron chi connectivity index (χ4n) is 6.78. The molecule has 6 aromatic rings. The van der Waals surface area contributed by atoms with Crippen molar-refractivity contribution in [1.82, 2.24) is 38.9 Å². The van der Waals surface area contributed by atoms with Gasteiger partial charge in [-0.05, 0) is 60.8 Å². The molecule has 2 aromatic carbocycles. The van der Waals surface area contributed by atoms with Gasteiger partial charge in [0.15, 0.2) is 0 Å². The highest BCUT2D eigenvalue weighted by Gasteiger charge is 2.25. The van der Waals surface area contributed by atoms with Crippen LogP contribution in [0.25, 0.3) is 22.1 Å². The van der Waals surface area contributed by atoms with Crippen molar-refractivity contribution in [3.05, 3.63) is 95.8 Å². The Morgan fingerprint density at radius 2 is 1.27 bits per heavy atom. The van der Waals surface area contributed by atoms with Gasteiger partial charge in [0.25, 0.3) is 0 Å². The molecule has 0 saturated carbocycles. The molecule has 268 valence electrons. The van der Waals surface area contributed by atoms with Gasteiger partial charge in [0, 0.05) is 83.4 Å². The van der Waals surface area contributed by atoms with Gasteiger partial charge < -0.3 is 23.8 Å². The molecule has 0 amide bonds. The number of piperazine rings is 1. The number of anilines is 4. The first-order chi connectivity index (χ1) is 25.1. The number of hydrogen-bond acceptors (Lipinski definition) is 10. The lowest BCUT2D eigenvalue weighted by molar-refractivity contribution is 0.112. The summed E-state index contributed by atoms with van der Waals surface area (Å²) in [6.45, 7) is 8.09. The summed E-state index contributed by atoms with van der Waals surface area (Å²) >= 11 is 0. The Bertz CT molecular complexity index is 2220. The van der Waals surface area contributed by atoms with Crippen LogP contribution in [0, 0.1) is 11.3 Å². The third-order valence-corrected chi connectivity index (χ3v) is 10.1. The predicted octanol–water partition coefficient (Wildman–Crippen LogP) is 6.22. The number of rotatable bonds is 9. The molecule has 1 fully saturated rings. The number of hydrogen-bond donors (Lipinski definition) is 0. The van der Waals surface area contributed by atoms with Crippen LogP contribution in [-0.4, -0.2) is 92.5 Å². The van der Waals surface area contributed by atoms with Crippen LogP contribution in [0.2, 0.25) is 0 Å². The maximum atomic E-state index is 10.9. The van der Waals surface area contributed by atoms with Gasteiger partial charge in [-0.15, -0.1) is 0 Å². The summed E-state index contributed by atoms with van der Waals surface area (Å²) < 4.78 is 3.98. The smallest absolute Gasteiger partial charge is 0.150 e. The summed E-state index contributed by atoms with van der Waals surface area (Å²) in [5.74, 6) is 1.73. The number of fused-ring (bicyclic) bond motifs is 2. The van der Waals surface area contributed by atoms with E-state index in [0.717, 1.165) is 102 Å². The average Bonchev–Trinajstić information content (AvgIpc) is 3.75. The van der Waals surface area contributed by atoms with Crippen molar-refractivity contribution in [3.8, 4) is 6.07 Å². The first kappa shape index (κ1) is 36.2. The molecule has 1 aliphatic rings. The lowest BCUT2D eigenvalue weighted by Gasteiger charge is -2.35. The van der Waals surface area contributed by atoms with E-state index in [9.17, 15) is 10.1 Å². The zero-order valence-corrected chi connectivity index (χ0v) is 31.2. The first-order valence-electron chi connectivity index (χ1n) is 17.7. The molecule has 12 heteroatoms. The summed E-state index contributed by atoms with van der Waals surface area (Å²) in [6, 6.07) is 18.6. The van der Waals surface area contributed by atoms with Gasteiger partial charge in [-0.2, -0.15) is 5.26 Å². The van der Waals surface area contributed by atoms with Gasteiger partial charge in [0.1, 0.15) is 35.0 Å². The number of imidazole rings is 2. The fraction of sp³-hybridized carbons (Fsp3) is 0.350. The summed E-state index contributed by atoms with van der Waals surface area (Å²) in [4.78, 5) is 37.5. The van der Waals surface area contributed by atoms with Crippen LogP contribution >= 0.6 is 0 Å². The molecule has 5 heterocycles. The van der Waals surface area contributed by atoms with Gasteiger partial charge in [0.2, 0.25) is 0 Å². The lowest BCUT2D eigenvalue weighted by atomic mass is 9.99. The van der Waals surface area contributed by atoms with Crippen molar-refractivity contribution in [3.63, 3.8) is 0 Å². The van der Waals surface area contributed by atoms with E-state index in [1.165, 1.54) is 5.56 Å². The number of pyridine rings is 2. The molecule has 1 atom stereocenters. The third-order valence-electron chi connectivity index (χ3n) is 10.1. The summed E-state index contributed by atoms with van der Waals surface area (Å²) in [6.07, 6.45) is 9.82. The molecule has 52 heavy (non-hydrogen) atoms. The molecule has 0 spiro atoms. The monoisotopic (exact) mass is 697 g/mol. The zero-order chi connectivity index (χ0) is 36.9. The molecule has 0 bridgehead atoms. The molecule has 12 nitrogen and oxygen atoms in total. The van der Waals surface area contributed by atoms with Crippen molar-refractivity contribution in [2.75, 3.05) is 57.1 Å². The molecule has 7 rings (SSSR count). The van der Waals surface area contributed by atoms with E-state index in [0.29, 0.717) is 5.56 Å². The quantitative estimate of drug-likeness (QED) is 0.161. The van der Waals surface area contributed by atoms with Gasteiger partial charge in [-0.25, -0.2) is 19.9 Å². The molecular formula is C40H47N11O. The second-order valence-corrected chi connectivity index (χ2v) is 13.4. The third kappa shape index (κ3) is 7.37. The SMILES string of the molecule is CCc1cc(C(C#N)N2CCN(C)CC2)ccc1N(C)c1cc2c(cn1)ncn2C.CCc1cc(C=O)ccc1N(C)c1cc2c(cn1)ncn2C. The number of nitriles is 1. The van der Waals surface area contributed by atoms with Crippen molar-refractivity contribution in [2.24, 2.45) is 14.1 Å². The van der Waals surface area contributed by atoms with E-state index in [4.69, 9.17) is 0 Å². The summed E-state index contributed by atoms with van der Waals surface area (Å²) in [5, 5.41) is 9.89. The zero-order valence-electron chi connectivity index (χ0n) is 31.2. The topological polar surface area (TPSA) is 115 Å². The Balaban J connectivity index is 0.000000187. The molecule has 1 unspecified atom stereocenters. The Kier molecular flexibility index (Phi) is 10.9. The van der Waals surface area contributed by atoms with Crippen molar-refractivity contribution in [2.45, 2.75) is 32.7 Å². The van der Waals surface area contributed by atoms with E-state index in [1.54, 1.807) is 12.5 Å². The number of carbonyl (C=O) groups is 1. The largest absolute Gasteiger partial charge is 0.334 e. The van der Waals surface area contributed by atoms with Gasteiger partial charge >= 0.3 is 0 Å². The van der Waals surface area contributed by atoms with Crippen LogP contribution in [-0.2, 0) is 26.9 Å². The standard InChI is InChI=1S/C23H29N7.C17H18N4O/c1-5-17-12-18(22(14-24)30-10-8-27(2)9-11-30)6-7-20(17)29(4)23-13-21-19(15-25-23)26-16-28(21)3;1-4-13-7-12(10-22)5-6-15(13)21(3)17-8-16-14(9-18-17)19-11-20(16)2/h6-7,12-13,15-16,22H,5,8-11H2,1-4H3;5-11H,4H2,1-3H3. The highest BCUT2D eigenvalue weighted by Crippen LogP contribution is 2.32. The van der Waals surface area contributed by atoms with Gasteiger partial charge in [-0.1, -0.05) is 26.0 Å². The van der Waals surface area contributed by atoms with Crippen LogP contribution in [0.5, 0.6) is 0 Å². The van der Waals surface area contributed by atoms with Gasteiger partial charge in [0.05, 0.1) is 42.2 Å². The molecule has 0 radical (unpaired) electrons. The van der Waals surface area contributed by atoms with Crippen LogP contribution in [0.3, 0.4) is 0 Å². The fourth-order valence-corrected chi connectivity index (χ4v) is 6.78. The van der Waals surface area contributed by atoms with Crippen LogP contribution in [0.15, 0.2) is 73.6 Å². The summed E-state index contributed by atoms with van der Waals surface area (Å²) in [5.41, 5.74) is 10.2. The van der Waals surface area contributed by atoms with Crippen molar-refractivity contribution < 1.29 is 4.79 Å². The maximum absolute atomic E-state index is 10.9. The highest BCUT2D eigenvalue weighted by molar-refractivity contribution is 5.81. The summed E-state index contributed by atoms with van der Waals surface area (Å²) in [7, 11) is 10.1. The Morgan fingerprint density at radius 3 is 1.77 bits per heavy atom. The Hall–Kier alpha value is -5.64. The Labute approximate surface area is 305 Å². The molecule has 1 saturated heterocycles. The van der Waals surface area contributed by atoms with Crippen molar-refractivity contribution >= 4 is 51.4 Å². The Morgan fingerprint density at radius 1 is 0.750 bits per heavy atom. The van der Waals surface area contributed by atoms with Crippen LogP contribution < -0.4 is 9.80 Å². The molecule has 0 aliphatic carbocycles. The van der Waals surface area contributed by atoms with E-state index < -0.39 is 0 Å². The molecule has 4 aromatic heterocycles. The van der Waals surface area contributed by atoms with Crippen LogP contribution in [0.4, 0.5) is 23.0 Å². The minimum atomic E-state index is -0.202.